The number of nitrogens with two attached hydrogens (primary N) is 2. The Labute approximate surface area is 136 Å². The summed E-state index contributed by atoms with van der Waals surface area (Å²) in [6.45, 7) is 1.06. The van der Waals surface area contributed by atoms with Crippen molar-refractivity contribution >= 4 is 5.84 Å². The lowest BCUT2D eigenvalue weighted by atomic mass is 10.1. The molecule has 0 radical (unpaired) electrons. The standard InChI is InChI=1S/C18H22N4O/c19-10-14-3-1-13(2-4-14)9-17(23)12-22-11-15-5-7-16(8-6-15)18(20)21/h1-8,12,22-23H,9-11,19H2,(H3,20,21)/p-1. The van der Waals surface area contributed by atoms with E-state index in [0.29, 0.717) is 25.1 Å². The largest absolute Gasteiger partial charge is 0.874 e. The van der Waals surface area contributed by atoms with E-state index in [9.17, 15) is 5.11 Å². The van der Waals surface area contributed by atoms with Gasteiger partial charge in [-0.2, -0.15) is 0 Å². The highest BCUT2D eigenvalue weighted by molar-refractivity contribution is 5.94. The molecule has 0 unspecified atom stereocenters. The minimum atomic E-state index is 0.0193. The smallest absolute Gasteiger partial charge is 0.122 e. The molecule has 0 bridgehead atoms. The molecule has 0 atom stereocenters. The van der Waals surface area contributed by atoms with Crippen molar-refractivity contribution < 1.29 is 5.11 Å². The molecule has 0 heterocycles. The van der Waals surface area contributed by atoms with Crippen molar-refractivity contribution in [2.75, 3.05) is 0 Å². The molecule has 5 heteroatoms. The Morgan fingerprint density at radius 3 is 2.13 bits per heavy atom. The summed E-state index contributed by atoms with van der Waals surface area (Å²) in [6.07, 6.45) is 1.86. The first-order valence-corrected chi connectivity index (χ1v) is 7.39. The van der Waals surface area contributed by atoms with E-state index in [1.807, 2.05) is 36.4 Å². The number of benzene rings is 2. The van der Waals surface area contributed by atoms with Crippen LogP contribution in [-0.4, -0.2) is 5.84 Å². The third kappa shape index (κ3) is 5.16. The maximum Gasteiger partial charge on any atom is 0.122 e. The van der Waals surface area contributed by atoms with E-state index >= 15 is 0 Å². The topological polar surface area (TPSA) is 111 Å². The van der Waals surface area contributed by atoms with Crippen LogP contribution in [0.4, 0.5) is 0 Å². The van der Waals surface area contributed by atoms with Crippen molar-refractivity contribution in [2.45, 2.75) is 19.5 Å². The molecule has 23 heavy (non-hydrogen) atoms. The third-order valence-corrected chi connectivity index (χ3v) is 3.47. The fourth-order valence-corrected chi connectivity index (χ4v) is 2.13. The maximum atomic E-state index is 11.9. The highest BCUT2D eigenvalue weighted by Crippen LogP contribution is 2.07. The lowest BCUT2D eigenvalue weighted by Crippen LogP contribution is -2.14. The monoisotopic (exact) mass is 309 g/mol. The molecule has 0 fully saturated rings. The second-order valence-corrected chi connectivity index (χ2v) is 5.30. The van der Waals surface area contributed by atoms with Gasteiger partial charge in [0, 0.05) is 18.7 Å². The summed E-state index contributed by atoms with van der Waals surface area (Å²) >= 11 is 0. The van der Waals surface area contributed by atoms with E-state index in [1.165, 1.54) is 6.20 Å². The lowest BCUT2D eigenvalue weighted by molar-refractivity contribution is -0.306. The molecule has 2 aromatic carbocycles. The number of nitrogen functional groups attached to an aromatic ring is 1. The Kier molecular flexibility index (Phi) is 5.77. The lowest BCUT2D eigenvalue weighted by Gasteiger charge is -2.13. The fourth-order valence-electron chi connectivity index (χ4n) is 2.13. The van der Waals surface area contributed by atoms with Gasteiger partial charge in [-0.3, -0.25) is 5.41 Å². The van der Waals surface area contributed by atoms with Crippen LogP contribution in [0.15, 0.2) is 60.5 Å². The van der Waals surface area contributed by atoms with E-state index in [1.54, 1.807) is 12.1 Å². The predicted octanol–water partition coefficient (Wildman–Crippen LogP) is 0.963. The minimum Gasteiger partial charge on any atom is -0.874 e. The summed E-state index contributed by atoms with van der Waals surface area (Å²) in [5, 5.41) is 22.3. The maximum absolute atomic E-state index is 11.9. The zero-order valence-corrected chi connectivity index (χ0v) is 12.9. The normalized spacial score (nSPS) is 11.3. The minimum absolute atomic E-state index is 0.0193. The van der Waals surface area contributed by atoms with Gasteiger partial charge >= 0.3 is 0 Å². The number of nitrogens with one attached hydrogen (secondary N) is 2. The molecule has 0 aromatic heterocycles. The van der Waals surface area contributed by atoms with Gasteiger partial charge in [0.1, 0.15) is 5.84 Å². The van der Waals surface area contributed by atoms with Crippen molar-refractivity contribution in [1.82, 2.24) is 5.32 Å². The molecule has 2 aromatic rings. The summed E-state index contributed by atoms with van der Waals surface area (Å²) in [6, 6.07) is 15.1. The molecule has 0 aliphatic rings. The Morgan fingerprint density at radius 2 is 1.57 bits per heavy atom. The van der Waals surface area contributed by atoms with Crippen LogP contribution in [0.2, 0.25) is 0 Å². The van der Waals surface area contributed by atoms with Crippen LogP contribution in [-0.2, 0) is 19.5 Å². The van der Waals surface area contributed by atoms with Gasteiger partial charge in [-0.1, -0.05) is 48.5 Å². The van der Waals surface area contributed by atoms with Crippen LogP contribution in [0, 0.1) is 5.41 Å². The van der Waals surface area contributed by atoms with Crippen LogP contribution in [0.5, 0.6) is 0 Å². The Balaban J connectivity index is 1.85. The molecule has 0 saturated heterocycles. The van der Waals surface area contributed by atoms with Crippen molar-refractivity contribution in [1.29, 1.82) is 5.41 Å². The summed E-state index contributed by atoms with van der Waals surface area (Å²) < 4.78 is 0. The highest BCUT2D eigenvalue weighted by Gasteiger charge is 1.96. The van der Waals surface area contributed by atoms with E-state index in [0.717, 1.165) is 16.7 Å². The van der Waals surface area contributed by atoms with Crippen LogP contribution < -0.4 is 21.9 Å². The van der Waals surface area contributed by atoms with Crippen LogP contribution in [0.1, 0.15) is 22.3 Å². The SMILES string of the molecule is N=C(N)c1ccc(CNC=C([O-])Cc2ccc(CN)cc2)cc1. The predicted molar refractivity (Wildman–Crippen MR) is 90.4 cm³/mol. The van der Waals surface area contributed by atoms with Crippen LogP contribution in [0.3, 0.4) is 0 Å². The van der Waals surface area contributed by atoms with Gasteiger partial charge in [-0.05, 0) is 29.3 Å². The molecule has 0 spiro atoms. The van der Waals surface area contributed by atoms with Gasteiger partial charge in [-0.15, -0.1) is 5.76 Å². The van der Waals surface area contributed by atoms with E-state index in [-0.39, 0.29) is 11.6 Å². The molecule has 5 nitrogen and oxygen atoms in total. The average Bonchev–Trinajstić information content (AvgIpc) is 2.56. The summed E-state index contributed by atoms with van der Waals surface area (Å²) in [7, 11) is 0. The number of hydrogen-bond donors (Lipinski definition) is 4. The Hall–Kier alpha value is -2.79. The number of rotatable bonds is 7. The summed E-state index contributed by atoms with van der Waals surface area (Å²) in [5.41, 5.74) is 14.7. The van der Waals surface area contributed by atoms with Crippen molar-refractivity contribution in [3.8, 4) is 0 Å². The van der Waals surface area contributed by atoms with Crippen LogP contribution in [0.25, 0.3) is 0 Å². The molecule has 2 rings (SSSR count). The zero-order valence-electron chi connectivity index (χ0n) is 12.9. The molecular formula is C18H21N4O-. The van der Waals surface area contributed by atoms with Gasteiger partial charge in [0.25, 0.3) is 0 Å². The number of amidine groups is 1. The van der Waals surface area contributed by atoms with Gasteiger partial charge in [0.2, 0.25) is 0 Å². The fraction of sp³-hybridized carbons (Fsp3) is 0.167. The molecule has 0 aliphatic heterocycles. The number of hydrogen-bond acceptors (Lipinski definition) is 4. The Bertz CT molecular complexity index is 675. The van der Waals surface area contributed by atoms with Crippen molar-refractivity contribution in [2.24, 2.45) is 11.5 Å². The number of allylic oxidation sites excluding steroid dienone is 1. The first-order chi connectivity index (χ1) is 11.1. The van der Waals surface area contributed by atoms with Crippen molar-refractivity contribution in [3.63, 3.8) is 0 Å². The molecule has 120 valence electrons. The van der Waals surface area contributed by atoms with Gasteiger partial charge in [-0.25, -0.2) is 0 Å². The first kappa shape index (κ1) is 16.6. The van der Waals surface area contributed by atoms with Crippen molar-refractivity contribution in [3.05, 3.63) is 82.7 Å². The third-order valence-electron chi connectivity index (χ3n) is 3.47. The van der Waals surface area contributed by atoms with E-state index in [4.69, 9.17) is 16.9 Å². The Morgan fingerprint density at radius 1 is 1.00 bits per heavy atom. The van der Waals surface area contributed by atoms with Gasteiger partial charge in [0.05, 0.1) is 0 Å². The highest BCUT2D eigenvalue weighted by atomic mass is 16.3. The molecular weight excluding hydrogens is 288 g/mol. The summed E-state index contributed by atoms with van der Waals surface area (Å²) in [5.74, 6) is 0.0674. The molecule has 6 N–H and O–H groups in total. The quantitative estimate of drug-likeness (QED) is 0.347. The second-order valence-electron chi connectivity index (χ2n) is 5.30. The zero-order chi connectivity index (χ0) is 16.7. The molecule has 0 aliphatic carbocycles. The molecule has 0 amide bonds. The van der Waals surface area contributed by atoms with Gasteiger partial charge in [0.15, 0.2) is 0 Å². The van der Waals surface area contributed by atoms with E-state index < -0.39 is 0 Å². The van der Waals surface area contributed by atoms with Crippen LogP contribution >= 0.6 is 0 Å². The van der Waals surface area contributed by atoms with E-state index in [2.05, 4.69) is 5.32 Å². The second kappa shape index (κ2) is 8.00. The summed E-state index contributed by atoms with van der Waals surface area (Å²) in [4.78, 5) is 0. The van der Waals surface area contributed by atoms with Gasteiger partial charge < -0.3 is 21.9 Å². The molecule has 0 saturated carbocycles. The average molecular weight is 309 g/mol. The first-order valence-electron chi connectivity index (χ1n) is 7.39.